The second-order valence-corrected chi connectivity index (χ2v) is 4.85. The van der Waals surface area contributed by atoms with Crippen LogP contribution in [0.4, 0.5) is 4.39 Å². The Morgan fingerprint density at radius 3 is 2.79 bits per heavy atom. The predicted octanol–water partition coefficient (Wildman–Crippen LogP) is 1.09. The van der Waals surface area contributed by atoms with Crippen molar-refractivity contribution >= 4 is 11.8 Å². The maximum absolute atomic E-state index is 13.5. The Labute approximate surface area is 111 Å². The van der Waals surface area contributed by atoms with E-state index in [1.165, 1.54) is 6.07 Å². The summed E-state index contributed by atoms with van der Waals surface area (Å²) in [7, 11) is 0. The molecule has 1 saturated heterocycles. The summed E-state index contributed by atoms with van der Waals surface area (Å²) in [5.74, 6) is -1.18. The van der Waals surface area contributed by atoms with Gasteiger partial charge in [-0.05, 0) is 24.5 Å². The number of benzene rings is 1. The number of nitrogens with two attached hydrogens (primary N) is 1. The molecule has 0 aliphatic carbocycles. The first-order valence-corrected chi connectivity index (χ1v) is 6.38. The summed E-state index contributed by atoms with van der Waals surface area (Å²) in [6.07, 6.45) is 1.51. The molecular weight excluding hydrogens is 247 g/mol. The summed E-state index contributed by atoms with van der Waals surface area (Å²) in [6.45, 7) is 0.958. The van der Waals surface area contributed by atoms with Crippen molar-refractivity contribution in [3.63, 3.8) is 0 Å². The van der Waals surface area contributed by atoms with Gasteiger partial charge in [-0.15, -0.1) is 0 Å². The minimum absolute atomic E-state index is 0.0259. The number of nitrogens with zero attached hydrogens (tertiary/aromatic N) is 1. The van der Waals surface area contributed by atoms with Gasteiger partial charge in [0.25, 0.3) is 0 Å². The number of hydrogen-bond donors (Lipinski definition) is 1. The summed E-state index contributed by atoms with van der Waals surface area (Å²) in [5, 5.41) is 0. The highest BCUT2D eigenvalue weighted by atomic mass is 19.1. The van der Waals surface area contributed by atoms with E-state index in [4.69, 9.17) is 5.73 Å². The maximum Gasteiger partial charge on any atom is 0.227 e. The van der Waals surface area contributed by atoms with Gasteiger partial charge in [0.05, 0.1) is 12.3 Å². The van der Waals surface area contributed by atoms with Crippen molar-refractivity contribution in [3.8, 4) is 0 Å². The molecule has 19 heavy (non-hydrogen) atoms. The highest BCUT2D eigenvalue weighted by Gasteiger charge is 2.27. The number of carbonyl (C=O) groups is 2. The molecule has 1 aliphatic rings. The van der Waals surface area contributed by atoms with E-state index in [0.717, 1.165) is 12.8 Å². The van der Waals surface area contributed by atoms with Gasteiger partial charge in [-0.1, -0.05) is 18.2 Å². The molecule has 0 radical (unpaired) electrons. The lowest BCUT2D eigenvalue weighted by Crippen LogP contribution is -2.44. The number of carbonyl (C=O) groups excluding carboxylic acids is 2. The Balaban J connectivity index is 2.00. The van der Waals surface area contributed by atoms with Gasteiger partial charge in [0.15, 0.2) is 0 Å². The normalized spacial score (nSPS) is 19.2. The van der Waals surface area contributed by atoms with Crippen molar-refractivity contribution in [2.24, 2.45) is 11.7 Å². The van der Waals surface area contributed by atoms with Crippen molar-refractivity contribution in [1.82, 2.24) is 4.90 Å². The summed E-state index contributed by atoms with van der Waals surface area (Å²) in [4.78, 5) is 24.9. The topological polar surface area (TPSA) is 63.4 Å². The van der Waals surface area contributed by atoms with E-state index in [0.29, 0.717) is 18.7 Å². The van der Waals surface area contributed by atoms with E-state index in [2.05, 4.69) is 0 Å². The van der Waals surface area contributed by atoms with Crippen LogP contribution in [0.2, 0.25) is 0 Å². The molecule has 2 rings (SSSR count). The molecule has 0 bridgehead atoms. The average molecular weight is 264 g/mol. The number of likely N-dealkylation sites (tertiary alicyclic amines) is 1. The van der Waals surface area contributed by atoms with Crippen molar-refractivity contribution in [1.29, 1.82) is 0 Å². The largest absolute Gasteiger partial charge is 0.369 e. The molecule has 4 nitrogen and oxygen atoms in total. The number of rotatable bonds is 3. The predicted molar refractivity (Wildman–Crippen MR) is 68.6 cm³/mol. The molecule has 0 spiro atoms. The first-order valence-electron chi connectivity index (χ1n) is 6.38. The van der Waals surface area contributed by atoms with E-state index in [1.807, 2.05) is 0 Å². The summed E-state index contributed by atoms with van der Waals surface area (Å²) < 4.78 is 13.5. The zero-order valence-corrected chi connectivity index (χ0v) is 10.6. The quantitative estimate of drug-likeness (QED) is 0.888. The maximum atomic E-state index is 13.5. The summed E-state index contributed by atoms with van der Waals surface area (Å²) in [6, 6.07) is 6.23. The van der Waals surface area contributed by atoms with Gasteiger partial charge >= 0.3 is 0 Å². The van der Waals surface area contributed by atoms with Crippen LogP contribution in [-0.4, -0.2) is 29.8 Å². The van der Waals surface area contributed by atoms with Gasteiger partial charge in [0.2, 0.25) is 11.8 Å². The highest BCUT2D eigenvalue weighted by Crippen LogP contribution is 2.17. The molecule has 0 unspecified atom stereocenters. The Hall–Kier alpha value is -1.91. The smallest absolute Gasteiger partial charge is 0.227 e. The molecule has 1 aliphatic heterocycles. The SMILES string of the molecule is NC(=O)[C@@H]1CCCN(C(=O)Cc2ccccc2F)C1. The monoisotopic (exact) mass is 264 g/mol. The van der Waals surface area contributed by atoms with Crippen LogP contribution in [0.1, 0.15) is 18.4 Å². The molecule has 2 N–H and O–H groups in total. The van der Waals surface area contributed by atoms with Crippen LogP contribution in [0.25, 0.3) is 0 Å². The Kier molecular flexibility index (Phi) is 4.14. The average Bonchev–Trinajstić information content (AvgIpc) is 2.41. The fourth-order valence-corrected chi connectivity index (χ4v) is 2.35. The summed E-state index contributed by atoms with van der Waals surface area (Å²) >= 11 is 0. The number of amides is 2. The number of primary amides is 1. The third-order valence-electron chi connectivity index (χ3n) is 3.48. The van der Waals surface area contributed by atoms with E-state index in [-0.39, 0.29) is 30.0 Å². The fraction of sp³-hybridized carbons (Fsp3) is 0.429. The zero-order valence-electron chi connectivity index (χ0n) is 10.6. The molecule has 1 atom stereocenters. The van der Waals surface area contributed by atoms with Crippen LogP contribution in [-0.2, 0) is 16.0 Å². The van der Waals surface area contributed by atoms with E-state index < -0.39 is 0 Å². The van der Waals surface area contributed by atoms with Gasteiger partial charge in [-0.2, -0.15) is 0 Å². The van der Waals surface area contributed by atoms with Crippen LogP contribution in [0.5, 0.6) is 0 Å². The standard InChI is InChI=1S/C14H17FN2O2/c15-12-6-2-1-4-10(12)8-13(18)17-7-3-5-11(9-17)14(16)19/h1-2,4,6,11H,3,5,7-9H2,(H2,16,19)/t11-/m1/s1. The lowest BCUT2D eigenvalue weighted by molar-refractivity contribution is -0.134. The zero-order chi connectivity index (χ0) is 13.8. The molecule has 5 heteroatoms. The molecule has 1 aromatic rings. The van der Waals surface area contributed by atoms with Gasteiger partial charge in [-0.25, -0.2) is 4.39 Å². The molecule has 0 aromatic heterocycles. The minimum Gasteiger partial charge on any atom is -0.369 e. The van der Waals surface area contributed by atoms with Crippen LogP contribution in [0, 0.1) is 11.7 Å². The Morgan fingerprint density at radius 2 is 2.11 bits per heavy atom. The fourth-order valence-electron chi connectivity index (χ4n) is 2.35. The van der Waals surface area contributed by atoms with Crippen LogP contribution in [0.15, 0.2) is 24.3 Å². The molecule has 102 valence electrons. The van der Waals surface area contributed by atoms with Gasteiger partial charge in [-0.3, -0.25) is 9.59 Å². The third kappa shape index (κ3) is 3.30. The molecular formula is C14H17FN2O2. The third-order valence-corrected chi connectivity index (χ3v) is 3.48. The number of halogens is 1. The van der Waals surface area contributed by atoms with E-state index in [1.54, 1.807) is 23.1 Å². The van der Waals surface area contributed by atoms with E-state index in [9.17, 15) is 14.0 Å². The Bertz CT molecular complexity index is 490. The van der Waals surface area contributed by atoms with Crippen molar-refractivity contribution in [3.05, 3.63) is 35.6 Å². The van der Waals surface area contributed by atoms with Crippen molar-refractivity contribution in [2.75, 3.05) is 13.1 Å². The number of piperidine rings is 1. The second-order valence-electron chi connectivity index (χ2n) is 4.85. The van der Waals surface area contributed by atoms with Crippen LogP contribution in [0.3, 0.4) is 0 Å². The summed E-state index contributed by atoms with van der Waals surface area (Å²) in [5.41, 5.74) is 5.65. The lowest BCUT2D eigenvalue weighted by atomic mass is 9.97. The highest BCUT2D eigenvalue weighted by molar-refractivity contribution is 5.81. The first-order chi connectivity index (χ1) is 9.08. The molecule has 0 saturated carbocycles. The molecule has 1 aromatic carbocycles. The van der Waals surface area contributed by atoms with Gasteiger partial charge < -0.3 is 10.6 Å². The van der Waals surface area contributed by atoms with Crippen LogP contribution >= 0.6 is 0 Å². The van der Waals surface area contributed by atoms with Crippen molar-refractivity contribution in [2.45, 2.75) is 19.3 Å². The second kappa shape index (κ2) is 5.82. The minimum atomic E-state index is -0.376. The number of hydrogen-bond acceptors (Lipinski definition) is 2. The molecule has 1 fully saturated rings. The van der Waals surface area contributed by atoms with Crippen LogP contribution < -0.4 is 5.73 Å². The van der Waals surface area contributed by atoms with Gasteiger partial charge in [0.1, 0.15) is 5.82 Å². The van der Waals surface area contributed by atoms with E-state index >= 15 is 0 Å². The Morgan fingerprint density at radius 1 is 1.37 bits per heavy atom. The van der Waals surface area contributed by atoms with Crippen molar-refractivity contribution < 1.29 is 14.0 Å². The first kappa shape index (κ1) is 13.5. The molecule has 2 amide bonds. The van der Waals surface area contributed by atoms with Gasteiger partial charge in [0, 0.05) is 13.1 Å². The lowest BCUT2D eigenvalue weighted by Gasteiger charge is -2.31. The molecule has 1 heterocycles.